The first kappa shape index (κ1) is 12.8. The maximum atomic E-state index is 13.4. The Morgan fingerprint density at radius 1 is 1.44 bits per heavy atom. The highest BCUT2D eigenvalue weighted by atomic mass is 19.1. The first-order valence-electron chi connectivity index (χ1n) is 5.17. The number of ketones is 1. The molecule has 0 spiro atoms. The summed E-state index contributed by atoms with van der Waals surface area (Å²) in [6.07, 6.45) is 1.18. The second-order valence-electron chi connectivity index (χ2n) is 4.12. The lowest BCUT2D eigenvalue weighted by Crippen LogP contribution is -2.45. The molecule has 0 fully saturated rings. The van der Waals surface area contributed by atoms with Gasteiger partial charge in [-0.3, -0.25) is 4.79 Å². The van der Waals surface area contributed by atoms with Gasteiger partial charge in [0.05, 0.1) is 11.1 Å². The quantitative estimate of drug-likeness (QED) is 0.803. The monoisotopic (exact) mass is 227 g/mol. The molecule has 1 atom stereocenters. The minimum Gasteiger partial charge on any atom is -0.319 e. The molecule has 1 rings (SSSR count). The van der Waals surface area contributed by atoms with Gasteiger partial charge >= 0.3 is 0 Å². The Balaban J connectivity index is 3.05. The van der Waals surface area contributed by atoms with E-state index >= 15 is 0 Å². The summed E-state index contributed by atoms with van der Waals surface area (Å²) < 4.78 is 26.0. The van der Waals surface area contributed by atoms with Gasteiger partial charge in [-0.15, -0.1) is 0 Å². The van der Waals surface area contributed by atoms with E-state index in [0.29, 0.717) is 12.5 Å². The van der Waals surface area contributed by atoms with Crippen LogP contribution in [0, 0.1) is 11.6 Å². The van der Waals surface area contributed by atoms with Crippen molar-refractivity contribution in [2.45, 2.75) is 32.2 Å². The largest absolute Gasteiger partial charge is 0.319 e. The molecule has 0 saturated carbocycles. The standard InChI is InChI=1S/C12H15F2NO/c1-3-6-12(2,15)11(16)9-5-4-8(13)7-10(9)14/h4-5,7H,3,6,15H2,1-2H3. The maximum absolute atomic E-state index is 13.4. The fourth-order valence-electron chi connectivity index (χ4n) is 1.61. The topological polar surface area (TPSA) is 43.1 Å². The van der Waals surface area contributed by atoms with Crippen LogP contribution in [0.15, 0.2) is 18.2 Å². The molecular weight excluding hydrogens is 212 g/mol. The summed E-state index contributed by atoms with van der Waals surface area (Å²) in [5, 5.41) is 0. The third kappa shape index (κ3) is 2.64. The molecule has 0 radical (unpaired) electrons. The fraction of sp³-hybridized carbons (Fsp3) is 0.417. The summed E-state index contributed by atoms with van der Waals surface area (Å²) in [6.45, 7) is 3.45. The Bertz CT molecular complexity index is 402. The van der Waals surface area contributed by atoms with E-state index in [4.69, 9.17) is 5.73 Å². The van der Waals surface area contributed by atoms with Crippen LogP contribution in [0.1, 0.15) is 37.0 Å². The highest BCUT2D eigenvalue weighted by Gasteiger charge is 2.30. The Labute approximate surface area is 93.5 Å². The average Bonchev–Trinajstić information content (AvgIpc) is 2.16. The van der Waals surface area contributed by atoms with Gasteiger partial charge in [0.15, 0.2) is 5.78 Å². The Hall–Kier alpha value is -1.29. The predicted octanol–water partition coefficient (Wildman–Crippen LogP) is 2.67. The van der Waals surface area contributed by atoms with Gasteiger partial charge in [-0.05, 0) is 25.5 Å². The minimum atomic E-state index is -1.10. The molecule has 0 bridgehead atoms. The summed E-state index contributed by atoms with van der Waals surface area (Å²) in [7, 11) is 0. The van der Waals surface area contributed by atoms with E-state index in [0.717, 1.165) is 18.6 Å². The molecule has 88 valence electrons. The lowest BCUT2D eigenvalue weighted by molar-refractivity contribution is 0.0888. The predicted molar refractivity (Wildman–Crippen MR) is 58.2 cm³/mol. The SMILES string of the molecule is CCCC(C)(N)C(=O)c1ccc(F)cc1F. The zero-order valence-corrected chi connectivity index (χ0v) is 9.39. The molecule has 0 saturated heterocycles. The van der Waals surface area contributed by atoms with Gasteiger partial charge in [-0.1, -0.05) is 13.3 Å². The molecule has 0 aliphatic heterocycles. The second-order valence-corrected chi connectivity index (χ2v) is 4.12. The van der Waals surface area contributed by atoms with E-state index in [9.17, 15) is 13.6 Å². The smallest absolute Gasteiger partial charge is 0.185 e. The molecule has 0 heterocycles. The fourth-order valence-corrected chi connectivity index (χ4v) is 1.61. The highest BCUT2D eigenvalue weighted by molar-refractivity contribution is 6.02. The molecule has 0 aliphatic rings. The van der Waals surface area contributed by atoms with Crippen LogP contribution >= 0.6 is 0 Å². The number of hydrogen-bond donors (Lipinski definition) is 1. The molecule has 1 unspecified atom stereocenters. The number of hydrogen-bond acceptors (Lipinski definition) is 2. The molecule has 1 aromatic carbocycles. The van der Waals surface area contributed by atoms with Crippen LogP contribution in [0.25, 0.3) is 0 Å². The van der Waals surface area contributed by atoms with Crippen molar-refractivity contribution in [3.8, 4) is 0 Å². The van der Waals surface area contributed by atoms with Gasteiger partial charge < -0.3 is 5.73 Å². The van der Waals surface area contributed by atoms with Crippen molar-refractivity contribution in [3.63, 3.8) is 0 Å². The van der Waals surface area contributed by atoms with Crippen LogP contribution in [0.2, 0.25) is 0 Å². The van der Waals surface area contributed by atoms with Crippen molar-refractivity contribution in [2.75, 3.05) is 0 Å². The number of carbonyl (C=O) groups is 1. The molecule has 0 aliphatic carbocycles. The van der Waals surface area contributed by atoms with Crippen LogP contribution in [0.3, 0.4) is 0 Å². The molecule has 0 aromatic heterocycles. The zero-order chi connectivity index (χ0) is 12.3. The van der Waals surface area contributed by atoms with E-state index in [-0.39, 0.29) is 5.56 Å². The van der Waals surface area contributed by atoms with Gasteiger partial charge in [-0.25, -0.2) is 8.78 Å². The van der Waals surface area contributed by atoms with Crippen LogP contribution in [-0.2, 0) is 0 Å². The van der Waals surface area contributed by atoms with Crippen molar-refractivity contribution in [1.29, 1.82) is 0 Å². The second kappa shape index (κ2) is 4.70. The van der Waals surface area contributed by atoms with Gasteiger partial charge in [0.2, 0.25) is 0 Å². The molecule has 2 N–H and O–H groups in total. The van der Waals surface area contributed by atoms with Crippen molar-refractivity contribution in [2.24, 2.45) is 5.73 Å². The Kier molecular flexibility index (Phi) is 3.75. The molecule has 4 heteroatoms. The minimum absolute atomic E-state index is 0.153. The third-order valence-electron chi connectivity index (χ3n) is 2.46. The number of rotatable bonds is 4. The number of carbonyl (C=O) groups excluding carboxylic acids is 1. The lowest BCUT2D eigenvalue weighted by Gasteiger charge is -2.22. The summed E-state index contributed by atoms with van der Waals surface area (Å²) in [5.74, 6) is -2.06. The van der Waals surface area contributed by atoms with Gasteiger partial charge in [0.25, 0.3) is 0 Å². The summed E-state index contributed by atoms with van der Waals surface area (Å²) in [6, 6.07) is 2.88. The van der Waals surface area contributed by atoms with E-state index in [1.165, 1.54) is 0 Å². The van der Waals surface area contributed by atoms with Crippen LogP contribution < -0.4 is 5.73 Å². The van der Waals surface area contributed by atoms with Crippen LogP contribution in [-0.4, -0.2) is 11.3 Å². The average molecular weight is 227 g/mol. The summed E-state index contributed by atoms with van der Waals surface area (Å²) >= 11 is 0. The highest BCUT2D eigenvalue weighted by Crippen LogP contribution is 2.19. The zero-order valence-electron chi connectivity index (χ0n) is 9.39. The van der Waals surface area contributed by atoms with Gasteiger partial charge in [-0.2, -0.15) is 0 Å². The van der Waals surface area contributed by atoms with E-state index in [1.807, 2.05) is 6.92 Å². The lowest BCUT2D eigenvalue weighted by atomic mass is 9.88. The van der Waals surface area contributed by atoms with E-state index in [2.05, 4.69) is 0 Å². The first-order valence-corrected chi connectivity index (χ1v) is 5.17. The number of benzene rings is 1. The number of halogens is 2. The first-order chi connectivity index (χ1) is 7.38. The van der Waals surface area contributed by atoms with E-state index in [1.54, 1.807) is 6.92 Å². The van der Waals surface area contributed by atoms with Crippen molar-refractivity contribution in [3.05, 3.63) is 35.4 Å². The van der Waals surface area contributed by atoms with Crippen molar-refractivity contribution < 1.29 is 13.6 Å². The Morgan fingerprint density at radius 3 is 2.56 bits per heavy atom. The van der Waals surface area contributed by atoms with Gasteiger partial charge in [0.1, 0.15) is 11.6 Å². The van der Waals surface area contributed by atoms with Crippen LogP contribution in [0.4, 0.5) is 8.78 Å². The molecular formula is C12H15F2NO. The molecule has 2 nitrogen and oxygen atoms in total. The Morgan fingerprint density at radius 2 is 2.06 bits per heavy atom. The maximum Gasteiger partial charge on any atom is 0.185 e. The molecule has 16 heavy (non-hydrogen) atoms. The van der Waals surface area contributed by atoms with Crippen molar-refractivity contribution >= 4 is 5.78 Å². The van der Waals surface area contributed by atoms with Crippen LogP contribution in [0.5, 0.6) is 0 Å². The summed E-state index contributed by atoms with van der Waals surface area (Å²) in [4.78, 5) is 11.9. The van der Waals surface area contributed by atoms with Gasteiger partial charge in [0, 0.05) is 6.07 Å². The molecule has 1 aromatic rings. The number of Topliss-reactive ketones (excluding diaryl/α,β-unsaturated/α-hetero) is 1. The van der Waals surface area contributed by atoms with E-state index < -0.39 is 23.0 Å². The van der Waals surface area contributed by atoms with Crippen molar-refractivity contribution in [1.82, 2.24) is 0 Å². The normalized spacial score (nSPS) is 14.6. The third-order valence-corrected chi connectivity index (χ3v) is 2.46. The summed E-state index contributed by atoms with van der Waals surface area (Å²) in [5.41, 5.74) is 4.54. The molecule has 0 amide bonds. The number of nitrogens with two attached hydrogens (primary N) is 1.